The van der Waals surface area contributed by atoms with Gasteiger partial charge in [-0.2, -0.15) is 0 Å². The van der Waals surface area contributed by atoms with Crippen LogP contribution in [0.15, 0.2) is 47.4 Å². The molecule has 0 fully saturated rings. The molecule has 6 heteroatoms. The lowest BCUT2D eigenvalue weighted by molar-refractivity contribution is 0.581. The van der Waals surface area contributed by atoms with Crippen LogP contribution in [0.3, 0.4) is 0 Å². The number of sulfonamides is 1. The molecule has 0 heterocycles. The third-order valence-electron chi connectivity index (χ3n) is 2.79. The van der Waals surface area contributed by atoms with E-state index < -0.39 is 10.0 Å². The lowest BCUT2D eigenvalue weighted by atomic mass is 10.2. The van der Waals surface area contributed by atoms with Gasteiger partial charge in [0, 0.05) is 17.3 Å². The van der Waals surface area contributed by atoms with E-state index in [0.29, 0.717) is 10.7 Å². The number of nitrogen functional groups attached to an aromatic ring is 1. The molecule has 2 aromatic rings. The Balaban J connectivity index is 2.22. The molecule has 0 aromatic heterocycles. The Hall–Kier alpha value is -1.56. The van der Waals surface area contributed by atoms with E-state index in [-0.39, 0.29) is 11.4 Å². The molecule has 2 rings (SSSR count). The summed E-state index contributed by atoms with van der Waals surface area (Å²) >= 11 is 5.99. The van der Waals surface area contributed by atoms with Crippen LogP contribution < -0.4 is 10.5 Å². The summed E-state index contributed by atoms with van der Waals surface area (Å²) in [5.41, 5.74) is 7.61. The van der Waals surface area contributed by atoms with Crippen molar-refractivity contribution in [3.05, 3.63) is 58.6 Å². The third kappa shape index (κ3) is 3.50. The lowest BCUT2D eigenvalue weighted by Gasteiger charge is -2.09. The smallest absolute Gasteiger partial charge is 0.240 e. The average molecular weight is 311 g/mol. The molecule has 0 aliphatic carbocycles. The SMILES string of the molecule is Cc1cc(N)cc(S(=O)(=O)NCc2ccccc2Cl)c1. The van der Waals surface area contributed by atoms with Crippen molar-refractivity contribution in [2.75, 3.05) is 5.73 Å². The highest BCUT2D eigenvalue weighted by Gasteiger charge is 2.15. The van der Waals surface area contributed by atoms with Gasteiger partial charge in [0.25, 0.3) is 0 Å². The molecular weight excluding hydrogens is 296 g/mol. The van der Waals surface area contributed by atoms with Crippen LogP contribution in [0.2, 0.25) is 5.02 Å². The summed E-state index contributed by atoms with van der Waals surface area (Å²) in [6.45, 7) is 1.93. The van der Waals surface area contributed by atoms with Crippen LogP contribution in [0.1, 0.15) is 11.1 Å². The van der Waals surface area contributed by atoms with E-state index in [4.69, 9.17) is 17.3 Å². The van der Waals surface area contributed by atoms with Crippen LogP contribution >= 0.6 is 11.6 Å². The van der Waals surface area contributed by atoms with Crippen LogP contribution in [0, 0.1) is 6.92 Å². The summed E-state index contributed by atoms with van der Waals surface area (Å²) in [4.78, 5) is 0.155. The van der Waals surface area contributed by atoms with E-state index in [0.717, 1.165) is 11.1 Å². The standard InChI is InChI=1S/C14H15ClN2O2S/c1-10-6-12(16)8-13(7-10)20(18,19)17-9-11-4-2-3-5-14(11)15/h2-8,17H,9,16H2,1H3. The predicted molar refractivity (Wildman–Crippen MR) is 81.1 cm³/mol. The fraction of sp³-hybridized carbons (Fsp3) is 0.143. The van der Waals surface area contributed by atoms with Crippen molar-refractivity contribution in [3.63, 3.8) is 0 Å². The van der Waals surface area contributed by atoms with E-state index in [9.17, 15) is 8.42 Å². The Bertz CT molecular complexity index is 709. The zero-order valence-electron chi connectivity index (χ0n) is 10.9. The quantitative estimate of drug-likeness (QED) is 0.853. The number of anilines is 1. The van der Waals surface area contributed by atoms with Crippen molar-refractivity contribution < 1.29 is 8.42 Å². The fourth-order valence-corrected chi connectivity index (χ4v) is 3.18. The molecule has 106 valence electrons. The maximum absolute atomic E-state index is 12.2. The molecule has 0 saturated heterocycles. The Morgan fingerprint density at radius 1 is 1.20 bits per heavy atom. The van der Waals surface area contributed by atoms with Crippen LogP contribution in [-0.4, -0.2) is 8.42 Å². The molecule has 3 N–H and O–H groups in total. The lowest BCUT2D eigenvalue weighted by Crippen LogP contribution is -2.23. The zero-order valence-corrected chi connectivity index (χ0v) is 12.5. The minimum Gasteiger partial charge on any atom is -0.399 e. The van der Waals surface area contributed by atoms with E-state index in [1.807, 2.05) is 0 Å². The molecule has 0 spiro atoms. The molecular formula is C14H15ClN2O2S. The highest BCUT2D eigenvalue weighted by atomic mass is 35.5. The van der Waals surface area contributed by atoms with Crippen LogP contribution in [0.4, 0.5) is 5.69 Å². The van der Waals surface area contributed by atoms with Crippen molar-refractivity contribution in [1.82, 2.24) is 4.72 Å². The van der Waals surface area contributed by atoms with Gasteiger partial charge in [-0.25, -0.2) is 13.1 Å². The second kappa shape index (κ2) is 5.83. The first-order valence-corrected chi connectivity index (χ1v) is 7.85. The summed E-state index contributed by atoms with van der Waals surface area (Å²) in [6, 6.07) is 11.8. The number of hydrogen-bond donors (Lipinski definition) is 2. The number of benzene rings is 2. The van der Waals surface area contributed by atoms with Gasteiger partial charge in [-0.05, 0) is 42.3 Å². The Morgan fingerprint density at radius 2 is 1.90 bits per heavy atom. The molecule has 0 saturated carbocycles. The fourth-order valence-electron chi connectivity index (χ4n) is 1.83. The molecule has 4 nitrogen and oxygen atoms in total. The van der Waals surface area contributed by atoms with E-state index >= 15 is 0 Å². The summed E-state index contributed by atoms with van der Waals surface area (Å²) in [7, 11) is -3.61. The second-order valence-electron chi connectivity index (χ2n) is 4.50. The van der Waals surface area contributed by atoms with Gasteiger partial charge in [-0.3, -0.25) is 0 Å². The molecule has 0 radical (unpaired) electrons. The number of halogens is 1. The first-order chi connectivity index (χ1) is 9.38. The van der Waals surface area contributed by atoms with Crippen LogP contribution in [0.25, 0.3) is 0 Å². The number of hydrogen-bond acceptors (Lipinski definition) is 3. The van der Waals surface area contributed by atoms with Crippen molar-refractivity contribution >= 4 is 27.3 Å². The van der Waals surface area contributed by atoms with E-state index in [2.05, 4.69) is 4.72 Å². The van der Waals surface area contributed by atoms with E-state index in [1.165, 1.54) is 6.07 Å². The molecule has 2 aromatic carbocycles. The van der Waals surface area contributed by atoms with Crippen molar-refractivity contribution in [3.8, 4) is 0 Å². The average Bonchev–Trinajstić information content (AvgIpc) is 2.37. The highest BCUT2D eigenvalue weighted by Crippen LogP contribution is 2.18. The van der Waals surface area contributed by atoms with Crippen LogP contribution in [0.5, 0.6) is 0 Å². The molecule has 0 aliphatic rings. The Kier molecular flexibility index (Phi) is 4.32. The van der Waals surface area contributed by atoms with E-state index in [1.54, 1.807) is 43.3 Å². The highest BCUT2D eigenvalue weighted by molar-refractivity contribution is 7.89. The van der Waals surface area contributed by atoms with Gasteiger partial charge in [0.1, 0.15) is 0 Å². The molecule has 0 bridgehead atoms. The monoisotopic (exact) mass is 310 g/mol. The van der Waals surface area contributed by atoms with Gasteiger partial charge in [0.2, 0.25) is 10.0 Å². The summed E-state index contributed by atoms with van der Waals surface area (Å²) in [5.74, 6) is 0. The Morgan fingerprint density at radius 3 is 2.55 bits per heavy atom. The first kappa shape index (κ1) is 14.8. The minimum atomic E-state index is -3.61. The zero-order chi connectivity index (χ0) is 14.8. The van der Waals surface area contributed by atoms with Gasteiger partial charge in [0.05, 0.1) is 4.90 Å². The molecule has 0 amide bonds. The van der Waals surface area contributed by atoms with Gasteiger partial charge >= 0.3 is 0 Å². The second-order valence-corrected chi connectivity index (χ2v) is 6.67. The van der Waals surface area contributed by atoms with Crippen molar-refractivity contribution in [1.29, 1.82) is 0 Å². The van der Waals surface area contributed by atoms with Gasteiger partial charge in [-0.1, -0.05) is 29.8 Å². The van der Waals surface area contributed by atoms with Crippen LogP contribution in [-0.2, 0) is 16.6 Å². The first-order valence-electron chi connectivity index (χ1n) is 5.99. The maximum atomic E-state index is 12.2. The number of nitrogens with one attached hydrogen (secondary N) is 1. The molecule has 20 heavy (non-hydrogen) atoms. The summed E-state index contributed by atoms with van der Waals surface area (Å²) < 4.78 is 26.9. The number of aryl methyl sites for hydroxylation is 1. The normalized spacial score (nSPS) is 11.5. The number of nitrogens with two attached hydrogens (primary N) is 1. The summed E-state index contributed by atoms with van der Waals surface area (Å²) in [6.07, 6.45) is 0. The topological polar surface area (TPSA) is 72.2 Å². The molecule has 0 atom stereocenters. The van der Waals surface area contributed by atoms with Crippen molar-refractivity contribution in [2.45, 2.75) is 18.4 Å². The molecule has 0 unspecified atom stereocenters. The number of rotatable bonds is 4. The predicted octanol–water partition coefficient (Wildman–Crippen LogP) is 2.71. The minimum absolute atomic E-state index is 0.135. The van der Waals surface area contributed by atoms with Gasteiger partial charge in [-0.15, -0.1) is 0 Å². The third-order valence-corrected chi connectivity index (χ3v) is 4.54. The largest absolute Gasteiger partial charge is 0.399 e. The van der Waals surface area contributed by atoms with Crippen molar-refractivity contribution in [2.24, 2.45) is 0 Å². The van der Waals surface area contributed by atoms with Gasteiger partial charge in [0.15, 0.2) is 0 Å². The maximum Gasteiger partial charge on any atom is 0.240 e. The Labute approximate surface area is 123 Å². The van der Waals surface area contributed by atoms with Gasteiger partial charge < -0.3 is 5.73 Å². The summed E-state index contributed by atoms with van der Waals surface area (Å²) in [5, 5.41) is 0.527. The molecule has 0 aliphatic heterocycles.